The van der Waals surface area contributed by atoms with E-state index in [1.54, 1.807) is 7.05 Å². The third-order valence-corrected chi connectivity index (χ3v) is 14.0. The van der Waals surface area contributed by atoms with E-state index in [0.29, 0.717) is 32.0 Å². The van der Waals surface area contributed by atoms with E-state index in [0.717, 1.165) is 25.7 Å². The molecular weight excluding hydrogens is 546 g/mol. The largest absolute Gasteiger partial charge is 0.481 e. The van der Waals surface area contributed by atoms with Crippen LogP contribution in [0, 0.1) is 56.7 Å². The van der Waals surface area contributed by atoms with E-state index in [1.807, 2.05) is 0 Å². The first-order valence-corrected chi connectivity index (χ1v) is 16.5. The standard InChI is InChI=1S/C35H55NO7/c1-20(2)21(3)31(5)14-15-33(7)23-10-11-26-32(6)18-41-19-35(26,24(23)12-13-34(33,8)28(31)30(39)40)16-25(42-22(4)37)29(32)43-27(38)17-36-9/h12,20-21,23,25-26,28-29,36H,10-11,13-19H2,1-9H3,(H,39,40)/t21-,23+,25-,26+,28-,29+,31-,32+,33-,34+,35-/m1/s1. The van der Waals surface area contributed by atoms with E-state index in [-0.39, 0.29) is 52.5 Å². The predicted molar refractivity (Wildman–Crippen MR) is 163 cm³/mol. The molecular formula is C35H55NO7. The summed E-state index contributed by atoms with van der Waals surface area (Å²) in [4.78, 5) is 38.5. The first-order valence-electron chi connectivity index (χ1n) is 16.5. The number of nitrogens with one attached hydrogen (secondary N) is 1. The van der Waals surface area contributed by atoms with Crippen LogP contribution in [0.25, 0.3) is 0 Å². The van der Waals surface area contributed by atoms with Crippen molar-refractivity contribution in [1.82, 2.24) is 5.32 Å². The molecule has 0 unspecified atom stereocenters. The van der Waals surface area contributed by atoms with Gasteiger partial charge in [0.1, 0.15) is 12.2 Å². The van der Waals surface area contributed by atoms with Crippen molar-refractivity contribution in [3.63, 3.8) is 0 Å². The van der Waals surface area contributed by atoms with Crippen LogP contribution in [-0.2, 0) is 28.6 Å². The third kappa shape index (κ3) is 4.54. The molecule has 0 radical (unpaired) electrons. The summed E-state index contributed by atoms with van der Waals surface area (Å²) in [6.07, 6.45) is 6.26. The Morgan fingerprint density at radius 1 is 1.05 bits per heavy atom. The zero-order valence-electron chi connectivity index (χ0n) is 27.9. The fourth-order valence-electron chi connectivity index (χ4n) is 11.4. The van der Waals surface area contributed by atoms with Gasteiger partial charge in [0.25, 0.3) is 0 Å². The lowest BCUT2D eigenvalue weighted by atomic mass is 9.34. The molecule has 5 aliphatic rings. The molecule has 0 amide bonds. The summed E-state index contributed by atoms with van der Waals surface area (Å²) in [5.41, 5.74) is -0.391. The SMILES string of the molecule is CNCC(=O)O[C@H]1[C@H](OC(C)=O)C[C@]23COC[C@@]1(C)[C@@H]2CC[C@H]1C3=CC[C@@]2(C)[C@H](C(=O)O)[C@@](C)([C@H](C)C(C)C)CC[C@]12C. The first-order chi connectivity index (χ1) is 20.0. The maximum Gasteiger partial charge on any atom is 0.320 e. The van der Waals surface area contributed by atoms with Gasteiger partial charge >= 0.3 is 17.9 Å². The molecule has 0 aromatic heterocycles. The van der Waals surface area contributed by atoms with Gasteiger partial charge in [-0.25, -0.2) is 0 Å². The van der Waals surface area contributed by atoms with Gasteiger partial charge in [0.05, 0.1) is 25.7 Å². The van der Waals surface area contributed by atoms with Crippen LogP contribution in [-0.4, -0.2) is 62.0 Å². The number of allylic oxidation sites excluding steroid dienone is 1. The van der Waals surface area contributed by atoms with Gasteiger partial charge in [0.2, 0.25) is 0 Å². The summed E-state index contributed by atoms with van der Waals surface area (Å²) in [6, 6.07) is 0. The normalized spacial score (nSPS) is 46.0. The van der Waals surface area contributed by atoms with Gasteiger partial charge < -0.3 is 24.6 Å². The van der Waals surface area contributed by atoms with E-state index in [4.69, 9.17) is 14.2 Å². The van der Waals surface area contributed by atoms with Gasteiger partial charge in [-0.15, -0.1) is 0 Å². The van der Waals surface area contributed by atoms with Gasteiger partial charge in [-0.2, -0.15) is 0 Å². The summed E-state index contributed by atoms with van der Waals surface area (Å²) >= 11 is 0. The summed E-state index contributed by atoms with van der Waals surface area (Å²) < 4.78 is 18.5. The zero-order chi connectivity index (χ0) is 31.8. The van der Waals surface area contributed by atoms with Crippen molar-refractivity contribution in [3.05, 3.63) is 11.6 Å². The topological polar surface area (TPSA) is 111 Å². The van der Waals surface area contributed by atoms with Crippen LogP contribution >= 0.6 is 0 Å². The lowest BCUT2D eigenvalue weighted by molar-refractivity contribution is -0.262. The summed E-state index contributed by atoms with van der Waals surface area (Å²) in [6.45, 7) is 18.2. The Hall–Kier alpha value is -1.93. The molecule has 5 rings (SSSR count). The fourth-order valence-corrected chi connectivity index (χ4v) is 11.4. The average molecular weight is 602 g/mol. The molecule has 8 heteroatoms. The van der Waals surface area contributed by atoms with Crippen LogP contribution in [0.2, 0.25) is 0 Å². The minimum Gasteiger partial charge on any atom is -0.481 e. The zero-order valence-corrected chi connectivity index (χ0v) is 27.9. The lowest BCUT2D eigenvalue weighted by Gasteiger charge is -2.71. The smallest absolute Gasteiger partial charge is 0.320 e. The highest BCUT2D eigenvalue weighted by Gasteiger charge is 2.72. The number of hydrogen-bond donors (Lipinski definition) is 2. The Morgan fingerprint density at radius 2 is 1.74 bits per heavy atom. The Morgan fingerprint density at radius 3 is 2.35 bits per heavy atom. The number of carboxylic acid groups (broad SMARTS) is 1. The number of fused-ring (bicyclic) bond motifs is 3. The molecule has 4 fully saturated rings. The highest BCUT2D eigenvalue weighted by molar-refractivity contribution is 5.73. The van der Waals surface area contributed by atoms with Gasteiger partial charge in [0, 0.05) is 17.8 Å². The molecule has 0 aromatic rings. The Labute approximate surface area is 258 Å². The van der Waals surface area contributed by atoms with E-state index in [1.165, 1.54) is 12.5 Å². The van der Waals surface area contributed by atoms with Crippen molar-refractivity contribution in [1.29, 1.82) is 0 Å². The number of carboxylic acids is 1. The number of carbonyl (C=O) groups is 3. The molecule has 242 valence electrons. The molecule has 1 saturated heterocycles. The van der Waals surface area contributed by atoms with E-state index in [2.05, 4.69) is 59.9 Å². The maximum absolute atomic E-state index is 13.3. The molecule has 8 nitrogen and oxygen atoms in total. The quantitative estimate of drug-likeness (QED) is 0.285. The van der Waals surface area contributed by atoms with E-state index in [9.17, 15) is 19.5 Å². The predicted octanol–water partition coefficient (Wildman–Crippen LogP) is 5.64. The van der Waals surface area contributed by atoms with Crippen molar-refractivity contribution in [2.24, 2.45) is 56.7 Å². The Balaban J connectivity index is 1.60. The number of hydrogen-bond acceptors (Lipinski definition) is 7. The molecule has 43 heavy (non-hydrogen) atoms. The summed E-state index contributed by atoms with van der Waals surface area (Å²) in [5, 5.41) is 13.8. The second-order valence-electron chi connectivity index (χ2n) is 16.1. The second-order valence-corrected chi connectivity index (χ2v) is 16.1. The van der Waals surface area contributed by atoms with E-state index < -0.39 is 34.9 Å². The molecule has 11 atom stereocenters. The highest BCUT2D eigenvalue weighted by Crippen LogP contribution is 2.75. The molecule has 0 spiro atoms. The van der Waals surface area contributed by atoms with Crippen LogP contribution in [0.3, 0.4) is 0 Å². The summed E-state index contributed by atoms with van der Waals surface area (Å²) in [5.74, 6) is -0.754. The number of ether oxygens (including phenoxy) is 3. The molecule has 3 saturated carbocycles. The second kappa shape index (κ2) is 10.9. The fraction of sp³-hybridized carbons (Fsp3) is 0.857. The minimum absolute atomic E-state index is 0.0826. The number of aliphatic carboxylic acids is 1. The summed E-state index contributed by atoms with van der Waals surface area (Å²) in [7, 11) is 1.71. The first kappa shape index (κ1) is 32.5. The van der Waals surface area contributed by atoms with Crippen LogP contribution in [0.1, 0.15) is 93.9 Å². The van der Waals surface area contributed by atoms with Crippen molar-refractivity contribution in [2.75, 3.05) is 26.8 Å². The maximum atomic E-state index is 13.3. The van der Waals surface area contributed by atoms with Gasteiger partial charge in [-0.1, -0.05) is 60.1 Å². The number of rotatable bonds is 7. The average Bonchev–Trinajstić information content (AvgIpc) is 2.90. The third-order valence-electron chi connectivity index (χ3n) is 14.0. The van der Waals surface area contributed by atoms with Gasteiger partial charge in [0.15, 0.2) is 0 Å². The minimum atomic E-state index is -0.667. The number of carbonyl (C=O) groups excluding carboxylic acids is 2. The van der Waals surface area contributed by atoms with Crippen molar-refractivity contribution >= 4 is 17.9 Å². The van der Waals surface area contributed by atoms with Crippen LogP contribution in [0.5, 0.6) is 0 Å². The van der Waals surface area contributed by atoms with Crippen molar-refractivity contribution in [3.8, 4) is 0 Å². The molecule has 2 bridgehead atoms. The molecule has 1 heterocycles. The lowest BCUT2D eigenvalue weighted by Crippen LogP contribution is -2.70. The number of likely N-dealkylation sites (N-methyl/N-ethyl adjacent to an activating group) is 1. The molecule has 2 N–H and O–H groups in total. The van der Waals surface area contributed by atoms with Crippen molar-refractivity contribution in [2.45, 2.75) is 106 Å². The Bertz CT molecular complexity index is 1180. The van der Waals surface area contributed by atoms with Crippen LogP contribution < -0.4 is 5.32 Å². The van der Waals surface area contributed by atoms with Gasteiger partial charge in [-0.05, 0) is 85.5 Å². The van der Waals surface area contributed by atoms with E-state index >= 15 is 0 Å². The van der Waals surface area contributed by atoms with Crippen molar-refractivity contribution < 1.29 is 33.7 Å². The van der Waals surface area contributed by atoms with Gasteiger partial charge in [-0.3, -0.25) is 14.4 Å². The molecule has 4 aliphatic carbocycles. The van der Waals surface area contributed by atoms with Crippen LogP contribution in [0.4, 0.5) is 0 Å². The monoisotopic (exact) mass is 601 g/mol. The number of esters is 2. The Kier molecular flexibility index (Phi) is 8.19. The molecule has 0 aromatic carbocycles. The highest BCUT2D eigenvalue weighted by atomic mass is 16.6. The molecule has 1 aliphatic heterocycles. The van der Waals surface area contributed by atoms with Crippen LogP contribution in [0.15, 0.2) is 11.6 Å².